The van der Waals surface area contributed by atoms with E-state index in [0.29, 0.717) is 26.2 Å². The molecule has 6 nitrogen and oxygen atoms in total. The Kier molecular flexibility index (Phi) is 4.76. The van der Waals surface area contributed by atoms with Crippen molar-refractivity contribution in [3.05, 3.63) is 35.4 Å². The van der Waals surface area contributed by atoms with Gasteiger partial charge < -0.3 is 20.9 Å². The summed E-state index contributed by atoms with van der Waals surface area (Å²) in [7, 11) is 0. The van der Waals surface area contributed by atoms with E-state index in [-0.39, 0.29) is 23.9 Å². The molecule has 2 aliphatic rings. The van der Waals surface area contributed by atoms with Gasteiger partial charge in [0.1, 0.15) is 0 Å². The Morgan fingerprint density at radius 2 is 1.96 bits per heavy atom. The first-order chi connectivity index (χ1) is 11.5. The first kappa shape index (κ1) is 16.8. The highest BCUT2D eigenvalue weighted by molar-refractivity contribution is 5.84. The van der Waals surface area contributed by atoms with E-state index in [1.165, 1.54) is 11.1 Å². The molecule has 0 radical (unpaired) electrons. The quantitative estimate of drug-likeness (QED) is 0.866. The molecule has 3 N–H and O–H groups in total. The van der Waals surface area contributed by atoms with Crippen molar-refractivity contribution >= 4 is 11.9 Å². The van der Waals surface area contributed by atoms with Crippen LogP contribution in [0.5, 0.6) is 0 Å². The van der Waals surface area contributed by atoms with Crippen molar-refractivity contribution in [2.24, 2.45) is 11.1 Å². The molecule has 24 heavy (non-hydrogen) atoms. The van der Waals surface area contributed by atoms with Crippen LogP contribution in [0.1, 0.15) is 24.5 Å². The molecule has 0 aromatic heterocycles. The molecule has 1 saturated heterocycles. The third-order valence-electron chi connectivity index (χ3n) is 5.21. The predicted octanol–water partition coefficient (Wildman–Crippen LogP) is 0.952. The molecule has 0 bridgehead atoms. The van der Waals surface area contributed by atoms with Crippen molar-refractivity contribution in [1.29, 1.82) is 0 Å². The van der Waals surface area contributed by atoms with Gasteiger partial charge in [0.05, 0.1) is 6.54 Å². The van der Waals surface area contributed by atoms with Gasteiger partial charge in [-0.25, -0.2) is 4.79 Å². The van der Waals surface area contributed by atoms with Crippen LogP contribution in [0.2, 0.25) is 0 Å². The Labute approximate surface area is 143 Å². The molecule has 0 saturated carbocycles. The minimum absolute atomic E-state index is 0.0102. The number of amides is 3. The molecule has 1 atom stereocenters. The third kappa shape index (κ3) is 3.53. The molecule has 3 rings (SSSR count). The van der Waals surface area contributed by atoms with E-state index in [9.17, 15) is 9.59 Å². The lowest BCUT2D eigenvalue weighted by Crippen LogP contribution is -2.47. The molecule has 1 aromatic rings. The summed E-state index contributed by atoms with van der Waals surface area (Å²) in [5.74, 6) is -0.0297. The summed E-state index contributed by atoms with van der Waals surface area (Å²) in [6.45, 7) is 5.42. The number of urea groups is 1. The number of nitrogens with zero attached hydrogens (tertiary/aromatic N) is 2. The average Bonchev–Trinajstić information content (AvgIpc) is 3.02. The van der Waals surface area contributed by atoms with Crippen LogP contribution in [0.15, 0.2) is 24.3 Å². The van der Waals surface area contributed by atoms with Crippen LogP contribution in [0.25, 0.3) is 0 Å². The maximum atomic E-state index is 12.3. The highest BCUT2D eigenvalue weighted by atomic mass is 16.2. The molecule has 3 amide bonds. The van der Waals surface area contributed by atoms with E-state index in [1.807, 2.05) is 12.1 Å². The summed E-state index contributed by atoms with van der Waals surface area (Å²) in [5.41, 5.74) is 8.27. The highest BCUT2D eigenvalue weighted by Crippen LogP contribution is 2.28. The first-order valence-corrected chi connectivity index (χ1v) is 8.58. The molecule has 2 aliphatic heterocycles. The van der Waals surface area contributed by atoms with Gasteiger partial charge in [0.15, 0.2) is 0 Å². The van der Waals surface area contributed by atoms with Gasteiger partial charge in [-0.15, -0.1) is 0 Å². The zero-order valence-electron chi connectivity index (χ0n) is 14.3. The molecule has 1 fully saturated rings. The summed E-state index contributed by atoms with van der Waals surface area (Å²) in [5, 5.41) is 2.77. The van der Waals surface area contributed by atoms with Crippen LogP contribution in [-0.4, -0.2) is 54.5 Å². The summed E-state index contributed by atoms with van der Waals surface area (Å²) >= 11 is 0. The molecule has 2 heterocycles. The number of nitrogens with two attached hydrogens (primary N) is 1. The number of carbonyl (C=O) groups excluding carboxylic acids is 2. The van der Waals surface area contributed by atoms with E-state index in [0.717, 1.165) is 19.4 Å². The predicted molar refractivity (Wildman–Crippen MR) is 92.3 cm³/mol. The van der Waals surface area contributed by atoms with Gasteiger partial charge in [-0.3, -0.25) is 4.79 Å². The number of nitrogens with one attached hydrogen (secondary N) is 1. The second kappa shape index (κ2) is 6.81. The number of benzene rings is 1. The van der Waals surface area contributed by atoms with Crippen molar-refractivity contribution in [1.82, 2.24) is 15.1 Å². The summed E-state index contributed by atoms with van der Waals surface area (Å²) in [4.78, 5) is 28.2. The minimum atomic E-state index is -0.168. The number of fused-ring (bicyclic) bond motifs is 1. The fraction of sp³-hybridized carbons (Fsp3) is 0.556. The minimum Gasteiger partial charge on any atom is -0.341 e. The maximum absolute atomic E-state index is 12.3. The van der Waals surface area contributed by atoms with E-state index in [2.05, 4.69) is 24.4 Å². The number of likely N-dealkylation sites (tertiary alicyclic amines) is 1. The molecule has 0 aliphatic carbocycles. The van der Waals surface area contributed by atoms with Crippen molar-refractivity contribution in [3.8, 4) is 0 Å². The maximum Gasteiger partial charge on any atom is 0.318 e. The monoisotopic (exact) mass is 330 g/mol. The van der Waals surface area contributed by atoms with Gasteiger partial charge in [0, 0.05) is 26.2 Å². The Hall–Kier alpha value is -2.08. The van der Waals surface area contributed by atoms with Gasteiger partial charge in [-0.2, -0.15) is 0 Å². The number of carbonyl (C=O) groups is 2. The number of hydrogen-bond acceptors (Lipinski definition) is 3. The number of rotatable bonds is 3. The molecular formula is C18H26N4O2. The van der Waals surface area contributed by atoms with Crippen molar-refractivity contribution in [3.63, 3.8) is 0 Å². The summed E-state index contributed by atoms with van der Waals surface area (Å²) in [6, 6.07) is 8.01. The first-order valence-electron chi connectivity index (χ1n) is 8.58. The molecular weight excluding hydrogens is 304 g/mol. The number of hydrogen-bond donors (Lipinski definition) is 2. The van der Waals surface area contributed by atoms with Gasteiger partial charge in [-0.05, 0) is 35.9 Å². The zero-order chi connectivity index (χ0) is 17.2. The Bertz CT molecular complexity index is 633. The van der Waals surface area contributed by atoms with E-state index >= 15 is 0 Å². The van der Waals surface area contributed by atoms with Gasteiger partial charge in [-0.1, -0.05) is 31.2 Å². The molecule has 0 spiro atoms. The largest absolute Gasteiger partial charge is 0.341 e. The van der Waals surface area contributed by atoms with Crippen LogP contribution in [0.4, 0.5) is 4.79 Å². The lowest BCUT2D eigenvalue weighted by atomic mass is 9.90. The summed E-state index contributed by atoms with van der Waals surface area (Å²) < 4.78 is 0. The van der Waals surface area contributed by atoms with Crippen molar-refractivity contribution in [2.75, 3.05) is 32.7 Å². The molecule has 6 heteroatoms. The second-order valence-corrected chi connectivity index (χ2v) is 7.18. The van der Waals surface area contributed by atoms with Crippen molar-refractivity contribution < 1.29 is 9.59 Å². The Balaban J connectivity index is 1.49. The normalized spacial score (nSPS) is 23.1. The van der Waals surface area contributed by atoms with Gasteiger partial charge in [0.2, 0.25) is 5.91 Å². The smallest absolute Gasteiger partial charge is 0.318 e. The third-order valence-corrected chi connectivity index (χ3v) is 5.21. The van der Waals surface area contributed by atoms with Crippen LogP contribution in [0.3, 0.4) is 0 Å². The zero-order valence-corrected chi connectivity index (χ0v) is 14.3. The molecule has 1 aromatic carbocycles. The Morgan fingerprint density at radius 1 is 1.21 bits per heavy atom. The topological polar surface area (TPSA) is 78.7 Å². The lowest BCUT2D eigenvalue weighted by molar-refractivity contribution is -0.129. The van der Waals surface area contributed by atoms with Crippen LogP contribution in [0, 0.1) is 5.41 Å². The van der Waals surface area contributed by atoms with E-state index in [4.69, 9.17) is 5.73 Å². The Morgan fingerprint density at radius 3 is 2.67 bits per heavy atom. The fourth-order valence-corrected chi connectivity index (χ4v) is 3.45. The lowest BCUT2D eigenvalue weighted by Gasteiger charge is -2.29. The van der Waals surface area contributed by atoms with Crippen molar-refractivity contribution in [2.45, 2.75) is 26.3 Å². The van der Waals surface area contributed by atoms with E-state index in [1.54, 1.807) is 9.80 Å². The van der Waals surface area contributed by atoms with Crippen LogP contribution < -0.4 is 11.1 Å². The fourth-order valence-electron chi connectivity index (χ4n) is 3.45. The molecule has 1 unspecified atom stereocenters. The molecule has 130 valence electrons. The van der Waals surface area contributed by atoms with E-state index < -0.39 is 0 Å². The van der Waals surface area contributed by atoms with Gasteiger partial charge in [0.25, 0.3) is 0 Å². The highest BCUT2D eigenvalue weighted by Gasteiger charge is 2.34. The standard InChI is InChI=1S/C18H26N4O2/c1-18(12-19)7-9-22(13-18)16(23)10-20-17(24)21-8-6-14-4-2-3-5-15(14)11-21/h2-5H,6-13,19H2,1H3,(H,20,24). The van der Waals surface area contributed by atoms with Gasteiger partial charge >= 0.3 is 6.03 Å². The summed E-state index contributed by atoms with van der Waals surface area (Å²) in [6.07, 6.45) is 1.78. The SMILES string of the molecule is CC1(CN)CCN(C(=O)CNC(=O)N2CCc3ccccc3C2)C1. The average molecular weight is 330 g/mol. The van der Waals surface area contributed by atoms with Crippen LogP contribution in [-0.2, 0) is 17.8 Å². The van der Waals surface area contributed by atoms with Crippen LogP contribution >= 0.6 is 0 Å². The second-order valence-electron chi connectivity index (χ2n) is 7.18.